The van der Waals surface area contributed by atoms with E-state index in [4.69, 9.17) is 0 Å². The predicted octanol–water partition coefficient (Wildman–Crippen LogP) is 3.95. The van der Waals surface area contributed by atoms with Crippen LogP contribution < -0.4 is 5.32 Å². The van der Waals surface area contributed by atoms with E-state index in [9.17, 15) is 13.2 Å². The zero-order chi connectivity index (χ0) is 18.9. The quantitative estimate of drug-likeness (QED) is 0.633. The molecular formula is C17H16BrN3O3S2. The molecule has 0 saturated heterocycles. The number of benzene rings is 2. The highest BCUT2D eigenvalue weighted by atomic mass is 79.9. The molecule has 1 amide bonds. The summed E-state index contributed by atoms with van der Waals surface area (Å²) >= 11 is 4.58. The number of aromatic nitrogens is 1. The van der Waals surface area contributed by atoms with Crippen molar-refractivity contribution < 1.29 is 13.2 Å². The normalized spacial score (nSPS) is 11.8. The summed E-state index contributed by atoms with van der Waals surface area (Å²) in [5.74, 6) is -0.282. The van der Waals surface area contributed by atoms with Gasteiger partial charge < -0.3 is 0 Å². The third-order valence-electron chi connectivity index (χ3n) is 3.85. The monoisotopic (exact) mass is 453 g/mol. The Labute approximate surface area is 164 Å². The number of nitrogens with zero attached hydrogens (tertiary/aromatic N) is 2. The number of hydrogen-bond donors (Lipinski definition) is 1. The maximum atomic E-state index is 12.4. The zero-order valence-corrected chi connectivity index (χ0v) is 17.3. The summed E-state index contributed by atoms with van der Waals surface area (Å²) in [6.45, 7) is 2.16. The van der Waals surface area contributed by atoms with Gasteiger partial charge in [0.2, 0.25) is 10.0 Å². The van der Waals surface area contributed by atoms with Crippen molar-refractivity contribution >= 4 is 58.5 Å². The Balaban J connectivity index is 1.91. The fourth-order valence-electron chi connectivity index (χ4n) is 2.28. The lowest BCUT2D eigenvalue weighted by Crippen LogP contribution is -2.26. The largest absolute Gasteiger partial charge is 0.298 e. The minimum absolute atomic E-state index is 0.210. The first-order chi connectivity index (χ1) is 12.3. The maximum absolute atomic E-state index is 12.4. The Hall–Kier alpha value is -1.81. The molecule has 1 heterocycles. The molecule has 0 aliphatic heterocycles. The Bertz CT molecular complexity index is 1080. The molecule has 136 valence electrons. The molecule has 6 nitrogen and oxygen atoms in total. The van der Waals surface area contributed by atoms with Gasteiger partial charge in [0, 0.05) is 18.1 Å². The van der Waals surface area contributed by atoms with Crippen LogP contribution in [0, 0.1) is 0 Å². The molecule has 0 atom stereocenters. The van der Waals surface area contributed by atoms with Gasteiger partial charge in [-0.15, -0.1) is 0 Å². The highest BCUT2D eigenvalue weighted by Crippen LogP contribution is 2.29. The summed E-state index contributed by atoms with van der Waals surface area (Å²) in [7, 11) is -1.99. The maximum Gasteiger partial charge on any atom is 0.258 e. The van der Waals surface area contributed by atoms with Gasteiger partial charge in [-0.3, -0.25) is 10.1 Å². The lowest BCUT2D eigenvalue weighted by molar-refractivity contribution is 0.102. The van der Waals surface area contributed by atoms with Gasteiger partial charge in [-0.2, -0.15) is 0 Å². The molecule has 3 rings (SSSR count). The van der Waals surface area contributed by atoms with Crippen LogP contribution in [0.25, 0.3) is 10.2 Å². The van der Waals surface area contributed by atoms with Gasteiger partial charge in [0.15, 0.2) is 5.13 Å². The van der Waals surface area contributed by atoms with E-state index in [2.05, 4.69) is 26.2 Å². The van der Waals surface area contributed by atoms with Crippen LogP contribution in [0.15, 0.2) is 51.8 Å². The summed E-state index contributed by atoms with van der Waals surface area (Å²) in [6.07, 6.45) is 0. The summed E-state index contributed by atoms with van der Waals surface area (Å²) in [4.78, 5) is 17.0. The summed E-state index contributed by atoms with van der Waals surface area (Å²) in [5.41, 5.74) is 1.13. The highest BCUT2D eigenvalue weighted by molar-refractivity contribution is 9.10. The molecule has 0 aliphatic carbocycles. The van der Waals surface area contributed by atoms with Crippen molar-refractivity contribution in [3.63, 3.8) is 0 Å². The van der Waals surface area contributed by atoms with E-state index >= 15 is 0 Å². The van der Waals surface area contributed by atoms with E-state index in [0.29, 0.717) is 31.9 Å². The molecule has 9 heteroatoms. The molecule has 1 aromatic heterocycles. The van der Waals surface area contributed by atoms with E-state index in [1.807, 2.05) is 6.07 Å². The van der Waals surface area contributed by atoms with Crippen molar-refractivity contribution in [1.82, 2.24) is 9.29 Å². The molecule has 2 aromatic carbocycles. The van der Waals surface area contributed by atoms with Gasteiger partial charge in [-0.25, -0.2) is 17.7 Å². The lowest BCUT2D eigenvalue weighted by Gasteiger charge is -2.14. The number of anilines is 1. The van der Waals surface area contributed by atoms with Crippen LogP contribution in [0.5, 0.6) is 0 Å². The number of fused-ring (bicyclic) bond motifs is 1. The number of amides is 1. The number of rotatable bonds is 5. The lowest BCUT2D eigenvalue weighted by atomic mass is 10.2. The number of nitrogens with one attached hydrogen (secondary N) is 1. The average molecular weight is 454 g/mol. The first kappa shape index (κ1) is 19.0. The molecule has 0 fully saturated rings. The van der Waals surface area contributed by atoms with Gasteiger partial charge in [0.1, 0.15) is 0 Å². The van der Waals surface area contributed by atoms with Crippen molar-refractivity contribution in [2.24, 2.45) is 0 Å². The molecule has 0 radical (unpaired) electrons. The van der Waals surface area contributed by atoms with Gasteiger partial charge in [-0.1, -0.05) is 30.4 Å². The van der Waals surface area contributed by atoms with Gasteiger partial charge in [0.05, 0.1) is 20.7 Å². The first-order valence-electron chi connectivity index (χ1n) is 7.75. The molecule has 0 unspecified atom stereocenters. The van der Waals surface area contributed by atoms with Crippen LogP contribution in [0.1, 0.15) is 17.3 Å². The van der Waals surface area contributed by atoms with Crippen LogP contribution in [-0.4, -0.2) is 37.2 Å². The van der Waals surface area contributed by atoms with Gasteiger partial charge >= 0.3 is 0 Å². The molecule has 0 spiro atoms. The van der Waals surface area contributed by atoms with Crippen LogP contribution in [0.4, 0.5) is 5.13 Å². The number of carbonyl (C=O) groups is 1. The minimum atomic E-state index is -3.52. The standard InChI is InChI=1S/C17H16BrN3O3S2/c1-3-21(2)26(23,24)11-8-9-14-15(10-11)25-17(19-14)20-16(22)12-6-4-5-7-13(12)18/h4-10H,3H2,1-2H3,(H,19,20,22). The Morgan fingerprint density at radius 1 is 1.27 bits per heavy atom. The zero-order valence-electron chi connectivity index (χ0n) is 14.1. The molecule has 1 N–H and O–H groups in total. The second-order valence-electron chi connectivity index (χ2n) is 5.50. The number of sulfonamides is 1. The van der Waals surface area contributed by atoms with Crippen LogP contribution in [0.3, 0.4) is 0 Å². The van der Waals surface area contributed by atoms with E-state index in [1.54, 1.807) is 37.3 Å². The number of carbonyl (C=O) groups excluding carboxylic acids is 1. The third-order valence-corrected chi connectivity index (χ3v) is 7.41. The second-order valence-corrected chi connectivity index (χ2v) is 9.43. The topological polar surface area (TPSA) is 79.4 Å². The second kappa shape index (κ2) is 7.43. The van der Waals surface area contributed by atoms with E-state index in [0.717, 1.165) is 0 Å². The fraction of sp³-hybridized carbons (Fsp3) is 0.176. The smallest absolute Gasteiger partial charge is 0.258 e. The predicted molar refractivity (Wildman–Crippen MR) is 107 cm³/mol. The minimum Gasteiger partial charge on any atom is -0.298 e. The average Bonchev–Trinajstić information content (AvgIpc) is 3.02. The van der Waals surface area contributed by atoms with Gasteiger partial charge in [-0.05, 0) is 46.3 Å². The first-order valence-corrected chi connectivity index (χ1v) is 10.8. The van der Waals surface area contributed by atoms with Crippen LogP contribution in [-0.2, 0) is 10.0 Å². The molecule has 0 saturated carbocycles. The third kappa shape index (κ3) is 3.66. The number of halogens is 1. The number of hydrogen-bond acceptors (Lipinski definition) is 5. The summed E-state index contributed by atoms with van der Waals surface area (Å²) < 4.78 is 27.6. The summed E-state index contributed by atoms with van der Waals surface area (Å²) in [5, 5.41) is 3.18. The van der Waals surface area contributed by atoms with Gasteiger partial charge in [0.25, 0.3) is 5.91 Å². The van der Waals surface area contributed by atoms with Crippen molar-refractivity contribution in [3.05, 3.63) is 52.5 Å². The SMILES string of the molecule is CCN(C)S(=O)(=O)c1ccc2nc(NC(=O)c3ccccc3Br)sc2c1. The van der Waals surface area contributed by atoms with Crippen molar-refractivity contribution in [2.75, 3.05) is 18.9 Å². The molecule has 26 heavy (non-hydrogen) atoms. The van der Waals surface area contributed by atoms with E-state index in [1.165, 1.54) is 28.8 Å². The molecule has 3 aromatic rings. The van der Waals surface area contributed by atoms with Crippen molar-refractivity contribution in [1.29, 1.82) is 0 Å². The summed E-state index contributed by atoms with van der Waals surface area (Å²) in [6, 6.07) is 11.9. The van der Waals surface area contributed by atoms with Crippen molar-refractivity contribution in [3.8, 4) is 0 Å². The van der Waals surface area contributed by atoms with Crippen LogP contribution in [0.2, 0.25) is 0 Å². The Morgan fingerprint density at radius 2 is 2.00 bits per heavy atom. The molecule has 0 aliphatic rings. The highest BCUT2D eigenvalue weighted by Gasteiger charge is 2.20. The van der Waals surface area contributed by atoms with Crippen molar-refractivity contribution in [2.45, 2.75) is 11.8 Å². The number of thiazole rings is 1. The Kier molecular flexibility index (Phi) is 5.42. The Morgan fingerprint density at radius 3 is 2.69 bits per heavy atom. The molecular weight excluding hydrogens is 438 g/mol. The van der Waals surface area contributed by atoms with E-state index < -0.39 is 10.0 Å². The van der Waals surface area contributed by atoms with E-state index in [-0.39, 0.29) is 10.8 Å². The fourth-order valence-corrected chi connectivity index (χ4v) is 4.92. The van der Waals surface area contributed by atoms with Crippen LogP contribution >= 0.6 is 27.3 Å². The molecule has 0 bridgehead atoms.